The SMILES string of the molecule is O=C(Nc1ccncc1C(=O)Nc1ccc(Cl)cn1)c1ccc(-n2ccccc2=O)cc1. The van der Waals surface area contributed by atoms with Gasteiger partial charge < -0.3 is 10.6 Å². The van der Waals surface area contributed by atoms with Crippen molar-refractivity contribution in [3.8, 4) is 5.69 Å². The molecule has 0 saturated heterocycles. The molecule has 4 rings (SSSR count). The van der Waals surface area contributed by atoms with Gasteiger partial charge in [-0.3, -0.25) is 23.9 Å². The second-order valence-electron chi connectivity index (χ2n) is 6.65. The number of carbonyl (C=O) groups excluding carboxylic acids is 2. The average Bonchev–Trinajstić information content (AvgIpc) is 2.81. The molecule has 32 heavy (non-hydrogen) atoms. The molecule has 0 atom stereocenters. The Hall–Kier alpha value is -4.30. The van der Waals surface area contributed by atoms with Crippen LogP contribution < -0.4 is 16.2 Å². The molecule has 2 N–H and O–H groups in total. The maximum atomic E-state index is 12.7. The Morgan fingerprint density at radius 1 is 0.875 bits per heavy atom. The van der Waals surface area contributed by atoms with Gasteiger partial charge in [0.1, 0.15) is 5.82 Å². The number of rotatable bonds is 5. The molecular formula is C23H16ClN5O3. The summed E-state index contributed by atoms with van der Waals surface area (Å²) in [5, 5.41) is 5.81. The second kappa shape index (κ2) is 9.23. The van der Waals surface area contributed by atoms with Gasteiger partial charge in [-0.2, -0.15) is 0 Å². The molecular weight excluding hydrogens is 430 g/mol. The molecule has 4 aromatic rings. The summed E-state index contributed by atoms with van der Waals surface area (Å²) in [5.74, 6) is -0.587. The smallest absolute Gasteiger partial charge is 0.260 e. The lowest BCUT2D eigenvalue weighted by molar-refractivity contribution is 0.102. The summed E-state index contributed by atoms with van der Waals surface area (Å²) in [6, 6.07) is 16.1. The maximum Gasteiger partial charge on any atom is 0.260 e. The minimum atomic E-state index is -0.484. The van der Waals surface area contributed by atoms with E-state index < -0.39 is 11.8 Å². The first-order valence-corrected chi connectivity index (χ1v) is 9.85. The zero-order valence-electron chi connectivity index (χ0n) is 16.5. The van der Waals surface area contributed by atoms with Crippen LogP contribution in [-0.2, 0) is 0 Å². The molecule has 2 amide bonds. The lowest BCUT2D eigenvalue weighted by Gasteiger charge is -2.11. The van der Waals surface area contributed by atoms with Crippen LogP contribution in [0.15, 0.2) is 90.2 Å². The lowest BCUT2D eigenvalue weighted by Crippen LogP contribution is -2.19. The van der Waals surface area contributed by atoms with Crippen LogP contribution in [0, 0.1) is 0 Å². The van der Waals surface area contributed by atoms with Crippen LogP contribution in [0.25, 0.3) is 5.69 Å². The van der Waals surface area contributed by atoms with E-state index in [2.05, 4.69) is 20.6 Å². The Morgan fingerprint density at radius 2 is 1.69 bits per heavy atom. The van der Waals surface area contributed by atoms with Crippen LogP contribution >= 0.6 is 11.6 Å². The van der Waals surface area contributed by atoms with E-state index in [0.717, 1.165) is 0 Å². The van der Waals surface area contributed by atoms with Crippen LogP contribution in [0.5, 0.6) is 0 Å². The minimum absolute atomic E-state index is 0.171. The maximum absolute atomic E-state index is 12.7. The number of anilines is 2. The molecule has 0 fully saturated rings. The monoisotopic (exact) mass is 445 g/mol. The fourth-order valence-electron chi connectivity index (χ4n) is 2.93. The van der Waals surface area contributed by atoms with Crippen molar-refractivity contribution in [1.82, 2.24) is 14.5 Å². The minimum Gasteiger partial charge on any atom is -0.321 e. The van der Waals surface area contributed by atoms with E-state index in [0.29, 0.717) is 27.8 Å². The molecule has 3 heterocycles. The zero-order chi connectivity index (χ0) is 22.5. The molecule has 0 bridgehead atoms. The first kappa shape index (κ1) is 21.0. The Balaban J connectivity index is 1.51. The first-order valence-electron chi connectivity index (χ1n) is 9.48. The number of hydrogen-bond donors (Lipinski definition) is 2. The summed E-state index contributed by atoms with van der Waals surface area (Å²) in [7, 11) is 0. The second-order valence-corrected chi connectivity index (χ2v) is 7.08. The van der Waals surface area contributed by atoms with Gasteiger partial charge in [0.2, 0.25) is 0 Å². The molecule has 3 aromatic heterocycles. The average molecular weight is 446 g/mol. The van der Waals surface area contributed by atoms with E-state index in [1.807, 2.05) is 0 Å². The van der Waals surface area contributed by atoms with Gasteiger partial charge >= 0.3 is 0 Å². The van der Waals surface area contributed by atoms with Crippen LogP contribution in [0.4, 0.5) is 11.5 Å². The number of amides is 2. The van der Waals surface area contributed by atoms with Gasteiger partial charge in [0.05, 0.1) is 16.3 Å². The van der Waals surface area contributed by atoms with Gasteiger partial charge in [0, 0.05) is 42.1 Å². The molecule has 0 aliphatic rings. The van der Waals surface area contributed by atoms with Crippen LogP contribution in [0.1, 0.15) is 20.7 Å². The van der Waals surface area contributed by atoms with E-state index >= 15 is 0 Å². The predicted molar refractivity (Wildman–Crippen MR) is 121 cm³/mol. The van der Waals surface area contributed by atoms with E-state index in [4.69, 9.17) is 11.6 Å². The fourth-order valence-corrected chi connectivity index (χ4v) is 3.04. The largest absolute Gasteiger partial charge is 0.321 e. The number of pyridine rings is 3. The highest BCUT2D eigenvalue weighted by atomic mass is 35.5. The van der Waals surface area contributed by atoms with Crippen LogP contribution in [0.3, 0.4) is 0 Å². The van der Waals surface area contributed by atoms with Crippen LogP contribution in [-0.4, -0.2) is 26.3 Å². The summed E-state index contributed by atoms with van der Waals surface area (Å²) in [5.41, 5.74) is 1.28. The number of aromatic nitrogens is 3. The summed E-state index contributed by atoms with van der Waals surface area (Å²) < 4.78 is 1.47. The number of hydrogen-bond acceptors (Lipinski definition) is 5. The lowest BCUT2D eigenvalue weighted by atomic mass is 10.1. The Kier molecular flexibility index (Phi) is 6.05. The molecule has 0 saturated carbocycles. The van der Waals surface area contributed by atoms with Gasteiger partial charge in [0.15, 0.2) is 0 Å². The van der Waals surface area contributed by atoms with Crippen molar-refractivity contribution in [3.05, 3.63) is 112 Å². The number of nitrogens with zero attached hydrogens (tertiary/aromatic N) is 3. The van der Waals surface area contributed by atoms with Crippen LogP contribution in [0.2, 0.25) is 5.02 Å². The molecule has 1 aromatic carbocycles. The summed E-state index contributed by atoms with van der Waals surface area (Å²) in [4.78, 5) is 45.4. The molecule has 0 unspecified atom stereocenters. The fraction of sp³-hybridized carbons (Fsp3) is 0. The summed E-state index contributed by atoms with van der Waals surface area (Å²) >= 11 is 5.81. The standard InChI is InChI=1S/C23H16ClN5O3/c24-16-6-9-20(26-13-16)28-23(32)18-14-25-11-10-19(18)27-22(31)15-4-7-17(8-5-15)29-12-2-1-3-21(29)30/h1-14H,(H,25,27,31)(H,26,28,32). The molecule has 158 valence electrons. The predicted octanol–water partition coefficient (Wildman–Crippen LogP) is 3.79. The number of nitrogens with one attached hydrogen (secondary N) is 2. The normalized spacial score (nSPS) is 10.4. The molecule has 0 spiro atoms. The number of benzene rings is 1. The van der Waals surface area contributed by atoms with Crippen molar-refractivity contribution < 1.29 is 9.59 Å². The Morgan fingerprint density at radius 3 is 2.41 bits per heavy atom. The quantitative estimate of drug-likeness (QED) is 0.486. The molecule has 9 heteroatoms. The Bertz CT molecular complexity index is 1330. The van der Waals surface area contributed by atoms with Crippen molar-refractivity contribution in [2.45, 2.75) is 0 Å². The van der Waals surface area contributed by atoms with Gasteiger partial charge in [-0.15, -0.1) is 0 Å². The molecule has 8 nitrogen and oxygen atoms in total. The summed E-state index contributed by atoms with van der Waals surface area (Å²) in [6.45, 7) is 0. The third kappa shape index (κ3) is 4.71. The zero-order valence-corrected chi connectivity index (χ0v) is 17.3. The van der Waals surface area contributed by atoms with Crippen molar-refractivity contribution in [2.24, 2.45) is 0 Å². The summed E-state index contributed by atoms with van der Waals surface area (Å²) in [6.07, 6.45) is 5.88. The van der Waals surface area contributed by atoms with E-state index in [1.165, 1.54) is 35.3 Å². The van der Waals surface area contributed by atoms with Crippen molar-refractivity contribution in [1.29, 1.82) is 0 Å². The van der Waals surface area contributed by atoms with Gasteiger partial charge in [-0.25, -0.2) is 4.98 Å². The van der Waals surface area contributed by atoms with E-state index in [-0.39, 0.29) is 11.1 Å². The van der Waals surface area contributed by atoms with Gasteiger partial charge in [0.25, 0.3) is 17.4 Å². The van der Waals surface area contributed by atoms with Crippen molar-refractivity contribution in [2.75, 3.05) is 10.6 Å². The highest BCUT2D eigenvalue weighted by molar-refractivity contribution is 6.30. The van der Waals surface area contributed by atoms with Gasteiger partial charge in [-0.05, 0) is 48.5 Å². The van der Waals surface area contributed by atoms with Crippen molar-refractivity contribution in [3.63, 3.8) is 0 Å². The number of halogens is 1. The molecule has 0 radical (unpaired) electrons. The molecule has 0 aliphatic carbocycles. The molecule has 0 aliphatic heterocycles. The third-order valence-corrected chi connectivity index (χ3v) is 4.74. The van der Waals surface area contributed by atoms with Gasteiger partial charge in [-0.1, -0.05) is 17.7 Å². The highest BCUT2D eigenvalue weighted by Crippen LogP contribution is 2.18. The van der Waals surface area contributed by atoms with E-state index in [1.54, 1.807) is 54.7 Å². The van der Waals surface area contributed by atoms with Crippen molar-refractivity contribution >= 4 is 34.9 Å². The highest BCUT2D eigenvalue weighted by Gasteiger charge is 2.15. The third-order valence-electron chi connectivity index (χ3n) is 4.51. The Labute approximate surface area is 187 Å². The van der Waals surface area contributed by atoms with E-state index in [9.17, 15) is 14.4 Å². The number of carbonyl (C=O) groups is 2. The first-order chi connectivity index (χ1) is 15.5. The topological polar surface area (TPSA) is 106 Å².